The van der Waals surface area contributed by atoms with Crippen molar-refractivity contribution in [2.24, 2.45) is 0 Å². The summed E-state index contributed by atoms with van der Waals surface area (Å²) in [7, 11) is 0. The molecule has 0 saturated carbocycles. The summed E-state index contributed by atoms with van der Waals surface area (Å²) in [4.78, 5) is 42.1. The summed E-state index contributed by atoms with van der Waals surface area (Å²) in [6.07, 6.45) is 4.25. The van der Waals surface area contributed by atoms with Crippen molar-refractivity contribution in [2.75, 3.05) is 13.1 Å². The molecule has 0 spiro atoms. The van der Waals surface area contributed by atoms with Gasteiger partial charge in [-0.1, -0.05) is 6.07 Å². The van der Waals surface area contributed by atoms with Crippen molar-refractivity contribution in [1.29, 1.82) is 0 Å². The number of carbonyl (C=O) groups excluding carboxylic acids is 3. The highest BCUT2D eigenvalue weighted by atomic mass is 16.2. The number of amides is 3. The van der Waals surface area contributed by atoms with Crippen molar-refractivity contribution in [2.45, 2.75) is 31.8 Å². The van der Waals surface area contributed by atoms with Crippen LogP contribution in [0.5, 0.6) is 0 Å². The Labute approximate surface area is 144 Å². The summed E-state index contributed by atoms with van der Waals surface area (Å²) in [5.74, 6) is -0.381. The average Bonchev–Trinajstić information content (AvgIpc) is 3.17. The molecular weight excluding hydrogens is 322 g/mol. The first-order valence-electron chi connectivity index (χ1n) is 8.31. The third kappa shape index (κ3) is 2.73. The second-order valence-electron chi connectivity index (χ2n) is 6.59. The maximum absolute atomic E-state index is 12.4. The maximum Gasteiger partial charge on any atom is 0.243 e. The van der Waals surface area contributed by atoms with Crippen LogP contribution in [0.3, 0.4) is 0 Å². The molecule has 2 N–H and O–H groups in total. The number of aryl methyl sites for hydroxylation is 1. The number of carbonyl (C=O) groups is 3. The zero-order chi connectivity index (χ0) is 17.6. The van der Waals surface area contributed by atoms with Gasteiger partial charge in [-0.2, -0.15) is 0 Å². The van der Waals surface area contributed by atoms with E-state index in [0.29, 0.717) is 13.0 Å². The standard InChI is InChI=1S/C17H19N5O3/c1-10-3-2-4-21-12(7-18-16(10)21)6-14(23)20-11-5-13-17(25)19-8-15(24)22(13)9-11/h2-4,7,11,13H,5-6,8-9H2,1H3,(H,19,25)(H,20,23)/t11-,13-/m0/s1. The first-order valence-corrected chi connectivity index (χ1v) is 8.31. The predicted molar refractivity (Wildman–Crippen MR) is 88.7 cm³/mol. The number of hydrogen-bond donors (Lipinski definition) is 2. The van der Waals surface area contributed by atoms with E-state index in [-0.39, 0.29) is 36.7 Å². The fourth-order valence-corrected chi connectivity index (χ4v) is 3.62. The zero-order valence-electron chi connectivity index (χ0n) is 13.9. The van der Waals surface area contributed by atoms with Crippen LogP contribution < -0.4 is 10.6 Å². The van der Waals surface area contributed by atoms with E-state index in [9.17, 15) is 14.4 Å². The number of piperazine rings is 1. The molecule has 0 aromatic carbocycles. The first kappa shape index (κ1) is 15.6. The zero-order valence-corrected chi connectivity index (χ0v) is 13.9. The van der Waals surface area contributed by atoms with Crippen LogP contribution in [0.1, 0.15) is 17.7 Å². The molecule has 4 rings (SSSR count). The third-order valence-electron chi connectivity index (χ3n) is 4.85. The van der Waals surface area contributed by atoms with Gasteiger partial charge in [0, 0.05) is 25.0 Å². The van der Waals surface area contributed by atoms with E-state index in [1.165, 1.54) is 0 Å². The van der Waals surface area contributed by atoms with Crippen molar-refractivity contribution in [3.63, 3.8) is 0 Å². The number of pyridine rings is 1. The van der Waals surface area contributed by atoms with E-state index in [0.717, 1.165) is 16.9 Å². The minimum atomic E-state index is -0.468. The molecule has 0 radical (unpaired) electrons. The van der Waals surface area contributed by atoms with E-state index in [1.807, 2.05) is 29.7 Å². The van der Waals surface area contributed by atoms with E-state index in [4.69, 9.17) is 0 Å². The number of imidazole rings is 1. The van der Waals surface area contributed by atoms with Gasteiger partial charge in [-0.05, 0) is 25.0 Å². The Bertz CT molecular complexity index is 850. The highest BCUT2D eigenvalue weighted by Gasteiger charge is 2.42. The topological polar surface area (TPSA) is 95.8 Å². The quantitative estimate of drug-likeness (QED) is 0.779. The molecule has 2 aliphatic rings. The molecule has 2 aromatic heterocycles. The van der Waals surface area contributed by atoms with Crippen LogP contribution in [0.25, 0.3) is 5.65 Å². The van der Waals surface area contributed by atoms with Gasteiger partial charge in [0.25, 0.3) is 0 Å². The van der Waals surface area contributed by atoms with Crippen LogP contribution in [0.4, 0.5) is 0 Å². The summed E-state index contributed by atoms with van der Waals surface area (Å²) in [5.41, 5.74) is 2.69. The van der Waals surface area contributed by atoms with E-state index >= 15 is 0 Å². The number of nitrogens with one attached hydrogen (secondary N) is 2. The van der Waals surface area contributed by atoms with Crippen molar-refractivity contribution in [3.8, 4) is 0 Å². The highest BCUT2D eigenvalue weighted by Crippen LogP contribution is 2.21. The van der Waals surface area contributed by atoms with Gasteiger partial charge in [-0.15, -0.1) is 0 Å². The lowest BCUT2D eigenvalue weighted by atomic mass is 10.1. The van der Waals surface area contributed by atoms with Gasteiger partial charge in [0.2, 0.25) is 17.7 Å². The normalized spacial score (nSPS) is 22.8. The molecule has 2 aromatic rings. The molecular formula is C17H19N5O3. The summed E-state index contributed by atoms with van der Waals surface area (Å²) >= 11 is 0. The van der Waals surface area contributed by atoms with Crippen LogP contribution in [0, 0.1) is 6.92 Å². The lowest BCUT2D eigenvalue weighted by molar-refractivity contribution is -0.143. The van der Waals surface area contributed by atoms with Gasteiger partial charge >= 0.3 is 0 Å². The van der Waals surface area contributed by atoms with Gasteiger partial charge in [0.15, 0.2) is 0 Å². The second-order valence-corrected chi connectivity index (χ2v) is 6.59. The molecule has 25 heavy (non-hydrogen) atoms. The number of aromatic nitrogens is 2. The van der Waals surface area contributed by atoms with Gasteiger partial charge in [0.05, 0.1) is 18.7 Å². The van der Waals surface area contributed by atoms with Crippen molar-refractivity contribution < 1.29 is 14.4 Å². The van der Waals surface area contributed by atoms with Gasteiger partial charge in [-0.25, -0.2) is 4.98 Å². The van der Waals surface area contributed by atoms with Crippen LogP contribution in [-0.4, -0.2) is 57.2 Å². The Balaban J connectivity index is 1.43. The third-order valence-corrected chi connectivity index (χ3v) is 4.85. The Hall–Kier alpha value is -2.90. The summed E-state index contributed by atoms with van der Waals surface area (Å²) < 4.78 is 1.91. The number of nitrogens with zero attached hydrogens (tertiary/aromatic N) is 3. The monoisotopic (exact) mass is 341 g/mol. The molecule has 0 bridgehead atoms. The van der Waals surface area contributed by atoms with Crippen LogP contribution in [-0.2, 0) is 20.8 Å². The van der Waals surface area contributed by atoms with Crippen molar-refractivity contribution in [3.05, 3.63) is 35.8 Å². The molecule has 0 aliphatic carbocycles. The summed E-state index contributed by atoms with van der Waals surface area (Å²) in [6.45, 7) is 2.40. The fraction of sp³-hybridized carbons (Fsp3) is 0.412. The van der Waals surface area contributed by atoms with E-state index < -0.39 is 6.04 Å². The lowest BCUT2D eigenvalue weighted by Gasteiger charge is -2.28. The molecule has 3 amide bonds. The Morgan fingerprint density at radius 1 is 1.44 bits per heavy atom. The lowest BCUT2D eigenvalue weighted by Crippen LogP contribution is -2.55. The van der Waals surface area contributed by atoms with Gasteiger partial charge in [-0.3, -0.25) is 14.4 Å². The number of fused-ring (bicyclic) bond motifs is 2. The fourth-order valence-electron chi connectivity index (χ4n) is 3.62. The molecule has 8 nitrogen and oxygen atoms in total. The van der Waals surface area contributed by atoms with Crippen LogP contribution >= 0.6 is 0 Å². The van der Waals surface area contributed by atoms with E-state index in [1.54, 1.807) is 11.1 Å². The predicted octanol–water partition coefficient (Wildman–Crippen LogP) is -0.599. The van der Waals surface area contributed by atoms with E-state index in [2.05, 4.69) is 15.6 Å². The van der Waals surface area contributed by atoms with Crippen molar-refractivity contribution >= 4 is 23.4 Å². The van der Waals surface area contributed by atoms with Gasteiger partial charge in [0.1, 0.15) is 11.7 Å². The molecule has 2 atom stereocenters. The van der Waals surface area contributed by atoms with Crippen molar-refractivity contribution in [1.82, 2.24) is 24.9 Å². The molecule has 2 aliphatic heterocycles. The molecule has 130 valence electrons. The second kappa shape index (κ2) is 5.87. The molecule has 4 heterocycles. The Morgan fingerprint density at radius 3 is 3.08 bits per heavy atom. The minimum absolute atomic E-state index is 0.0389. The van der Waals surface area contributed by atoms with Crippen LogP contribution in [0.2, 0.25) is 0 Å². The Kier molecular flexibility index (Phi) is 3.67. The summed E-state index contributed by atoms with van der Waals surface area (Å²) in [5, 5.41) is 5.52. The molecule has 8 heteroatoms. The number of rotatable bonds is 3. The minimum Gasteiger partial charge on any atom is -0.351 e. The maximum atomic E-state index is 12.4. The largest absolute Gasteiger partial charge is 0.351 e. The van der Waals surface area contributed by atoms with Gasteiger partial charge < -0.3 is 19.9 Å². The smallest absolute Gasteiger partial charge is 0.243 e. The highest BCUT2D eigenvalue weighted by molar-refractivity contribution is 5.95. The first-order chi connectivity index (χ1) is 12.0. The Morgan fingerprint density at radius 2 is 2.28 bits per heavy atom. The molecule has 2 saturated heterocycles. The molecule has 0 unspecified atom stereocenters. The van der Waals surface area contributed by atoms with Crippen LogP contribution in [0.15, 0.2) is 24.5 Å². The number of hydrogen-bond acceptors (Lipinski definition) is 4. The summed E-state index contributed by atoms with van der Waals surface area (Å²) in [6, 6.07) is 3.23. The molecule has 2 fully saturated rings. The SMILES string of the molecule is Cc1cccn2c(CC(=O)N[C@H]3C[C@H]4C(=O)NCC(=O)N4C3)cnc12. The average molecular weight is 341 g/mol.